The number of hydrogen-bond acceptors (Lipinski definition) is 0. The van der Waals surface area contributed by atoms with Crippen LogP contribution in [0.15, 0.2) is 84.9 Å². The van der Waals surface area contributed by atoms with Crippen molar-refractivity contribution in [1.29, 1.82) is 0 Å². The van der Waals surface area contributed by atoms with Crippen LogP contribution in [0.2, 0.25) is 13.1 Å². The van der Waals surface area contributed by atoms with Gasteiger partial charge in [0.2, 0.25) is 0 Å². The molecule has 0 N–H and O–H groups in total. The molecule has 0 amide bonds. The molecule has 0 nitrogen and oxygen atoms in total. The van der Waals surface area contributed by atoms with Gasteiger partial charge in [0.1, 0.15) is 0 Å². The third kappa shape index (κ3) is 7.46. The molecule has 0 aliphatic heterocycles. The topological polar surface area (TPSA) is 0 Å². The number of benzene rings is 2. The van der Waals surface area contributed by atoms with Gasteiger partial charge < -0.3 is 9.41 Å². The minimum absolute atomic E-state index is 0. The van der Waals surface area contributed by atoms with Crippen LogP contribution in [0.5, 0.6) is 0 Å². The molecular formula is C20H20F2SiZr-2. The normalized spacial score (nSPS) is 8.83. The Morgan fingerprint density at radius 2 is 1.00 bits per heavy atom. The molecule has 0 aliphatic rings. The van der Waals surface area contributed by atoms with Crippen molar-refractivity contribution < 1.29 is 32.7 Å². The molecule has 0 radical (unpaired) electrons. The van der Waals surface area contributed by atoms with Crippen molar-refractivity contribution >= 4 is 27.0 Å². The first-order valence-electron chi connectivity index (χ1n) is 7.39. The third-order valence-electron chi connectivity index (χ3n) is 3.10. The van der Waals surface area contributed by atoms with E-state index in [0.717, 1.165) is 0 Å². The van der Waals surface area contributed by atoms with Gasteiger partial charge in [-0.3, -0.25) is 0 Å². The van der Waals surface area contributed by atoms with Crippen LogP contribution in [0.1, 0.15) is 0 Å². The van der Waals surface area contributed by atoms with E-state index < -0.39 is 0 Å². The molecule has 4 aromatic rings. The Morgan fingerprint density at radius 1 is 0.667 bits per heavy atom. The first-order valence-corrected chi connectivity index (χ1v) is 13.6. The Balaban J connectivity index is 0.000000341. The van der Waals surface area contributed by atoms with Gasteiger partial charge in [0.15, 0.2) is 0 Å². The zero-order valence-electron chi connectivity index (χ0n) is 13.8. The van der Waals surface area contributed by atoms with Crippen molar-refractivity contribution in [3.8, 4) is 0 Å². The average Bonchev–Trinajstić information content (AvgIpc) is 3.16. The van der Waals surface area contributed by atoms with Crippen molar-refractivity contribution in [3.63, 3.8) is 0 Å². The molecule has 4 aromatic carbocycles. The van der Waals surface area contributed by atoms with Crippen LogP contribution >= 0.6 is 0 Å². The first kappa shape index (κ1) is 22.6. The number of rotatable bonds is 0. The van der Waals surface area contributed by atoms with Gasteiger partial charge in [0.05, 0.1) is 0 Å². The monoisotopic (exact) mass is 416 g/mol. The van der Waals surface area contributed by atoms with Crippen LogP contribution in [-0.4, -0.2) is 5.43 Å². The van der Waals surface area contributed by atoms with Crippen LogP contribution in [0.4, 0.5) is 0 Å². The second kappa shape index (κ2) is 12.0. The van der Waals surface area contributed by atoms with E-state index in [1.165, 1.54) is 21.5 Å². The quantitative estimate of drug-likeness (QED) is 0.277. The summed E-state index contributed by atoms with van der Waals surface area (Å²) in [5.41, 5.74) is 0.210. The van der Waals surface area contributed by atoms with E-state index in [4.69, 9.17) is 0 Å². The van der Waals surface area contributed by atoms with Gasteiger partial charge in [0.25, 0.3) is 0 Å². The first-order chi connectivity index (χ1) is 10.7. The molecule has 0 fully saturated rings. The maximum Gasteiger partial charge on any atom is -0.0809 e. The molecule has 24 heavy (non-hydrogen) atoms. The Labute approximate surface area is 157 Å². The molecule has 0 atom stereocenters. The molecule has 0 bridgehead atoms. The number of halogens is 2. The summed E-state index contributed by atoms with van der Waals surface area (Å²) >= 11 is 1.74. The predicted octanol–water partition coefficient (Wildman–Crippen LogP) is -0.0903. The smallest absolute Gasteiger partial charge is 0.0809 e. The van der Waals surface area contributed by atoms with Crippen molar-refractivity contribution in [2.24, 2.45) is 0 Å². The average molecular weight is 418 g/mol. The second-order valence-electron chi connectivity index (χ2n) is 5.31. The van der Waals surface area contributed by atoms with E-state index in [9.17, 15) is 0 Å². The fourth-order valence-corrected chi connectivity index (χ4v) is 2.14. The van der Waals surface area contributed by atoms with E-state index >= 15 is 0 Å². The fourth-order valence-electron chi connectivity index (χ4n) is 2.14. The van der Waals surface area contributed by atoms with Gasteiger partial charge in [-0.25, -0.2) is 0 Å². The molecule has 0 saturated heterocycles. The van der Waals surface area contributed by atoms with E-state index in [1.54, 1.807) is 23.3 Å². The van der Waals surface area contributed by atoms with Crippen molar-refractivity contribution in [1.82, 2.24) is 0 Å². The molecule has 0 heterocycles. The van der Waals surface area contributed by atoms with Crippen LogP contribution in [0.25, 0.3) is 21.5 Å². The van der Waals surface area contributed by atoms with Gasteiger partial charge >= 0.3 is 41.9 Å². The van der Waals surface area contributed by atoms with Crippen LogP contribution < -0.4 is 9.41 Å². The predicted molar refractivity (Wildman–Crippen MR) is 96.6 cm³/mol. The molecule has 0 spiro atoms. The summed E-state index contributed by atoms with van der Waals surface area (Å²) in [5.74, 6) is 0. The van der Waals surface area contributed by atoms with E-state index in [-0.39, 0.29) is 14.8 Å². The molecule has 0 aromatic heterocycles. The second-order valence-corrected chi connectivity index (χ2v) is 14.7. The molecule has 0 saturated carbocycles. The largest absolute Gasteiger partial charge is 1.00 e. The van der Waals surface area contributed by atoms with Gasteiger partial charge in [-0.2, -0.15) is 35.0 Å². The van der Waals surface area contributed by atoms with Crippen LogP contribution in [0, 0.1) is 0 Å². The van der Waals surface area contributed by atoms with Gasteiger partial charge in [-0.05, 0) is 0 Å². The molecular weight excluding hydrogens is 398 g/mol. The minimum Gasteiger partial charge on any atom is -1.00 e. The maximum absolute atomic E-state index is 2.31. The molecule has 0 aliphatic carbocycles. The standard InChI is InChI=1S/2C9H7.C2H6Si.2FH.Zr/c2*1-2-5-9-7-3-6-8(9)4-1;1-3-2;;;/h2*1-7H;1-2H3;2*1H;/q2*-1;;;;+2/p-2. The van der Waals surface area contributed by atoms with Gasteiger partial charge in [0, 0.05) is 0 Å². The molecule has 4 heteroatoms. The van der Waals surface area contributed by atoms with Crippen molar-refractivity contribution in [3.05, 3.63) is 84.9 Å². The summed E-state index contributed by atoms with van der Waals surface area (Å²) in [4.78, 5) is 0. The summed E-state index contributed by atoms with van der Waals surface area (Å²) < 4.78 is 0. The zero-order chi connectivity index (χ0) is 15.8. The summed E-state index contributed by atoms with van der Waals surface area (Å²) in [6, 6.07) is 29.3. The summed E-state index contributed by atoms with van der Waals surface area (Å²) in [7, 11) is 0. The van der Waals surface area contributed by atoms with E-state index in [2.05, 4.69) is 98.0 Å². The van der Waals surface area contributed by atoms with E-state index in [1.807, 2.05) is 0 Å². The van der Waals surface area contributed by atoms with Crippen LogP contribution in [0.3, 0.4) is 0 Å². The van der Waals surface area contributed by atoms with Crippen molar-refractivity contribution in [2.45, 2.75) is 13.1 Å². The van der Waals surface area contributed by atoms with E-state index in [0.29, 0.717) is 0 Å². The zero-order valence-corrected chi connectivity index (χ0v) is 17.3. The Kier molecular flexibility index (Phi) is 11.4. The Morgan fingerprint density at radius 3 is 1.33 bits per heavy atom. The van der Waals surface area contributed by atoms with Crippen molar-refractivity contribution in [2.75, 3.05) is 0 Å². The minimum atomic E-state index is 0. The van der Waals surface area contributed by atoms with Crippen LogP contribution in [-0.2, 0) is 23.3 Å². The fraction of sp³-hybridized carbons (Fsp3) is 0.100. The summed E-state index contributed by atoms with van der Waals surface area (Å²) in [6.07, 6.45) is 0. The molecule has 0 unspecified atom stereocenters. The number of fused-ring (bicyclic) bond motifs is 2. The van der Waals surface area contributed by atoms with Gasteiger partial charge in [-0.1, -0.05) is 12.1 Å². The Bertz CT molecular complexity index is 718. The number of hydrogen-bond donors (Lipinski definition) is 0. The Hall–Kier alpha value is -1.38. The molecule has 4 rings (SSSR count). The maximum atomic E-state index is 2.31. The molecule has 124 valence electrons. The SMILES string of the molecule is C[Si](C)=[Zr+2].[F-].[F-].c1ccc2[cH-]ccc2c1.c1ccc2[cH-]ccc2c1. The summed E-state index contributed by atoms with van der Waals surface area (Å²) in [6.45, 7) is 4.62. The third-order valence-corrected chi connectivity index (χ3v) is 3.10. The van der Waals surface area contributed by atoms with Gasteiger partial charge in [-0.15, -0.1) is 59.3 Å². The summed E-state index contributed by atoms with van der Waals surface area (Å²) in [5, 5.41) is 5.32.